The number of hydrogen-bond donors (Lipinski definition) is 1. The molecule has 0 bridgehead atoms. The summed E-state index contributed by atoms with van der Waals surface area (Å²) in [5, 5.41) is 2.77. The molecule has 0 saturated carbocycles. The summed E-state index contributed by atoms with van der Waals surface area (Å²) in [7, 11) is -5.41. The minimum Gasteiger partial charge on any atom is -0.492 e. The van der Waals surface area contributed by atoms with E-state index in [1.165, 1.54) is 38.9 Å². The van der Waals surface area contributed by atoms with E-state index in [0.717, 1.165) is 19.3 Å². The Bertz CT molecular complexity index is 1340. The number of ether oxygens (including phenoxy) is 1. The number of sulfonamides is 2. The molecule has 208 valence electrons. The van der Waals surface area contributed by atoms with Gasteiger partial charge in [0.25, 0.3) is 5.91 Å². The van der Waals surface area contributed by atoms with E-state index in [2.05, 4.69) is 5.32 Å². The molecule has 4 rings (SSSR count). The fourth-order valence-electron chi connectivity index (χ4n) is 4.41. The third kappa shape index (κ3) is 6.67. The van der Waals surface area contributed by atoms with Gasteiger partial charge in [0, 0.05) is 44.8 Å². The highest BCUT2D eigenvalue weighted by Gasteiger charge is 2.30. The molecule has 0 aliphatic carbocycles. The Balaban J connectivity index is 1.31. The standard InChI is InChI=1S/C25H33ClN4O6S2/c1-28-14-16-30(17-15-28)38(34,35)24-19-20(5-10-23(24)26)25(31)27-11-18-36-21-6-8-22(9-7-21)37(32,33)29-12-3-2-4-13-29/h5-10,19H,2-4,11-18H2,1H3,(H,27,31). The average molecular weight is 585 g/mol. The van der Waals surface area contributed by atoms with Gasteiger partial charge in [-0.25, -0.2) is 16.8 Å². The van der Waals surface area contributed by atoms with Gasteiger partial charge < -0.3 is 15.0 Å². The fraction of sp³-hybridized carbons (Fsp3) is 0.480. The number of carbonyl (C=O) groups excluding carboxylic acids is 1. The van der Waals surface area contributed by atoms with Crippen molar-refractivity contribution in [1.29, 1.82) is 0 Å². The van der Waals surface area contributed by atoms with Gasteiger partial charge in [0.05, 0.1) is 16.5 Å². The minimum atomic E-state index is -3.83. The zero-order chi connectivity index (χ0) is 27.3. The fourth-order valence-corrected chi connectivity index (χ4v) is 7.85. The van der Waals surface area contributed by atoms with Crippen LogP contribution < -0.4 is 10.1 Å². The van der Waals surface area contributed by atoms with Gasteiger partial charge in [-0.1, -0.05) is 18.0 Å². The minimum absolute atomic E-state index is 0.0644. The van der Waals surface area contributed by atoms with Crippen LogP contribution in [0.5, 0.6) is 5.75 Å². The van der Waals surface area contributed by atoms with E-state index in [0.29, 0.717) is 45.0 Å². The number of halogens is 1. The van der Waals surface area contributed by atoms with Gasteiger partial charge in [-0.2, -0.15) is 8.61 Å². The average Bonchev–Trinajstić information content (AvgIpc) is 2.92. The lowest BCUT2D eigenvalue weighted by Crippen LogP contribution is -2.47. The van der Waals surface area contributed by atoms with Gasteiger partial charge in [-0.3, -0.25) is 4.79 Å². The third-order valence-corrected chi connectivity index (χ3v) is 11.0. The first kappa shape index (κ1) is 28.8. The van der Waals surface area contributed by atoms with E-state index in [1.807, 2.05) is 11.9 Å². The topological polar surface area (TPSA) is 116 Å². The normalized spacial score (nSPS) is 18.3. The molecular weight excluding hydrogens is 552 g/mol. The van der Waals surface area contributed by atoms with Crippen LogP contribution in [-0.2, 0) is 20.0 Å². The SMILES string of the molecule is CN1CCN(S(=O)(=O)c2cc(C(=O)NCCOc3ccc(S(=O)(=O)N4CCCCC4)cc3)ccc2Cl)CC1. The highest BCUT2D eigenvalue weighted by Crippen LogP contribution is 2.27. The number of piperazine rings is 1. The van der Waals surface area contributed by atoms with Crippen molar-refractivity contribution in [2.45, 2.75) is 29.1 Å². The molecule has 1 N–H and O–H groups in total. The van der Waals surface area contributed by atoms with E-state index in [-0.39, 0.29) is 33.5 Å². The first-order valence-electron chi connectivity index (χ1n) is 12.6. The lowest BCUT2D eigenvalue weighted by Gasteiger charge is -2.31. The smallest absolute Gasteiger partial charge is 0.251 e. The maximum absolute atomic E-state index is 13.1. The summed E-state index contributed by atoms with van der Waals surface area (Å²) >= 11 is 6.20. The van der Waals surface area contributed by atoms with Crippen LogP contribution in [0.1, 0.15) is 29.6 Å². The Kier molecular flexibility index (Phi) is 9.32. The van der Waals surface area contributed by atoms with Crippen LogP contribution in [0.2, 0.25) is 5.02 Å². The second kappa shape index (κ2) is 12.3. The van der Waals surface area contributed by atoms with Crippen molar-refractivity contribution in [2.24, 2.45) is 0 Å². The van der Waals surface area contributed by atoms with Gasteiger partial charge >= 0.3 is 0 Å². The van der Waals surface area contributed by atoms with Crippen molar-refractivity contribution in [3.8, 4) is 5.75 Å². The Morgan fingerprint density at radius 1 is 0.868 bits per heavy atom. The van der Waals surface area contributed by atoms with Crippen molar-refractivity contribution >= 4 is 37.6 Å². The molecule has 1 amide bonds. The lowest BCUT2D eigenvalue weighted by atomic mass is 10.2. The summed E-state index contributed by atoms with van der Waals surface area (Å²) in [6, 6.07) is 10.4. The predicted molar refractivity (Wildman–Crippen MR) is 145 cm³/mol. The van der Waals surface area contributed by atoms with Crippen LogP contribution >= 0.6 is 11.6 Å². The molecule has 0 radical (unpaired) electrons. The number of likely N-dealkylation sites (N-methyl/N-ethyl adjacent to an activating group) is 1. The van der Waals surface area contributed by atoms with Crippen LogP contribution in [0.3, 0.4) is 0 Å². The third-order valence-electron chi connectivity index (χ3n) is 6.71. The summed E-state index contributed by atoms with van der Waals surface area (Å²) < 4.78 is 60.3. The first-order chi connectivity index (χ1) is 18.1. The number of amides is 1. The van der Waals surface area contributed by atoms with E-state index < -0.39 is 26.0 Å². The molecule has 2 aromatic carbocycles. The highest BCUT2D eigenvalue weighted by molar-refractivity contribution is 7.89. The van der Waals surface area contributed by atoms with E-state index in [1.54, 1.807) is 12.1 Å². The molecule has 2 aliphatic heterocycles. The summed E-state index contributed by atoms with van der Waals surface area (Å²) in [6.07, 6.45) is 2.79. The second-order valence-electron chi connectivity index (χ2n) is 9.39. The number of nitrogens with zero attached hydrogens (tertiary/aromatic N) is 3. The predicted octanol–water partition coefficient (Wildman–Crippen LogP) is 2.26. The van der Waals surface area contributed by atoms with Gasteiger partial charge in [0.15, 0.2) is 0 Å². The monoisotopic (exact) mass is 584 g/mol. The molecule has 2 heterocycles. The van der Waals surface area contributed by atoms with E-state index in [9.17, 15) is 21.6 Å². The molecule has 2 aromatic rings. The molecule has 38 heavy (non-hydrogen) atoms. The molecule has 0 aromatic heterocycles. The number of hydrogen-bond acceptors (Lipinski definition) is 7. The van der Waals surface area contributed by atoms with Crippen LogP contribution in [-0.4, -0.2) is 95.7 Å². The number of nitrogens with one attached hydrogen (secondary N) is 1. The van der Waals surface area contributed by atoms with Crippen molar-refractivity contribution in [3.05, 3.63) is 53.1 Å². The number of piperidine rings is 1. The molecule has 13 heteroatoms. The zero-order valence-electron chi connectivity index (χ0n) is 21.3. The molecule has 0 spiro atoms. The van der Waals surface area contributed by atoms with Gasteiger partial charge in [-0.05, 0) is 62.4 Å². The van der Waals surface area contributed by atoms with Crippen LogP contribution in [0.25, 0.3) is 0 Å². The first-order valence-corrected chi connectivity index (χ1v) is 15.8. The maximum atomic E-state index is 13.1. The maximum Gasteiger partial charge on any atom is 0.251 e. The summed E-state index contributed by atoms with van der Waals surface area (Å²) in [4.78, 5) is 14.9. The molecule has 10 nitrogen and oxygen atoms in total. The van der Waals surface area contributed by atoms with Crippen molar-refractivity contribution in [1.82, 2.24) is 18.8 Å². The molecule has 2 aliphatic rings. The molecule has 0 unspecified atom stereocenters. The van der Waals surface area contributed by atoms with Gasteiger partial charge in [0.2, 0.25) is 20.0 Å². The molecular formula is C25H33ClN4O6S2. The lowest BCUT2D eigenvalue weighted by molar-refractivity contribution is 0.0946. The number of benzene rings is 2. The van der Waals surface area contributed by atoms with E-state index >= 15 is 0 Å². The van der Waals surface area contributed by atoms with Crippen molar-refractivity contribution < 1.29 is 26.4 Å². The highest BCUT2D eigenvalue weighted by atomic mass is 35.5. The van der Waals surface area contributed by atoms with Crippen LogP contribution in [0.15, 0.2) is 52.3 Å². The Hall–Kier alpha value is -2.22. The van der Waals surface area contributed by atoms with Gasteiger partial charge in [0.1, 0.15) is 17.3 Å². The summed E-state index contributed by atoms with van der Waals surface area (Å²) in [5.74, 6) is 0.0203. The summed E-state index contributed by atoms with van der Waals surface area (Å²) in [6.45, 7) is 3.33. The molecule has 2 fully saturated rings. The second-order valence-corrected chi connectivity index (χ2v) is 13.6. The Morgan fingerprint density at radius 2 is 1.50 bits per heavy atom. The van der Waals surface area contributed by atoms with Crippen molar-refractivity contribution in [3.63, 3.8) is 0 Å². The molecule has 0 atom stereocenters. The Labute approximate surface area is 229 Å². The van der Waals surface area contributed by atoms with Gasteiger partial charge in [-0.15, -0.1) is 0 Å². The number of carbonyl (C=O) groups is 1. The quantitative estimate of drug-likeness (QED) is 0.449. The van der Waals surface area contributed by atoms with Crippen molar-refractivity contribution in [2.75, 3.05) is 59.5 Å². The van der Waals surface area contributed by atoms with E-state index in [4.69, 9.17) is 16.3 Å². The van der Waals surface area contributed by atoms with Crippen LogP contribution in [0.4, 0.5) is 0 Å². The largest absolute Gasteiger partial charge is 0.492 e. The zero-order valence-corrected chi connectivity index (χ0v) is 23.7. The number of rotatable bonds is 9. The molecule has 2 saturated heterocycles. The summed E-state index contributed by atoms with van der Waals surface area (Å²) in [5.41, 5.74) is 0.175. The Morgan fingerprint density at radius 3 is 2.16 bits per heavy atom. The van der Waals surface area contributed by atoms with Crippen LogP contribution in [0, 0.1) is 0 Å².